The van der Waals surface area contributed by atoms with Gasteiger partial charge in [0.25, 0.3) is 5.91 Å². The van der Waals surface area contributed by atoms with Gasteiger partial charge in [-0.25, -0.2) is 9.31 Å². The summed E-state index contributed by atoms with van der Waals surface area (Å²) in [6.07, 6.45) is 3.10. The smallest absolute Gasteiger partial charge is 0.341 e. The topological polar surface area (TPSA) is 72.7 Å². The first-order valence-corrected chi connectivity index (χ1v) is 7.99. The Morgan fingerprint density at radius 1 is 1.39 bits per heavy atom. The molecule has 0 atom stereocenters. The van der Waals surface area contributed by atoms with E-state index in [2.05, 4.69) is 10.4 Å². The molecule has 0 aliphatic rings. The second-order valence-electron chi connectivity index (χ2n) is 4.58. The van der Waals surface area contributed by atoms with E-state index in [4.69, 9.17) is 16.3 Å². The summed E-state index contributed by atoms with van der Waals surface area (Å²) in [5, 5.41) is 6.86. The van der Waals surface area contributed by atoms with Crippen LogP contribution in [0.2, 0.25) is 4.34 Å². The Morgan fingerprint density at radius 3 is 2.91 bits per heavy atom. The SMILES string of the molecule is CCOC(=O)c1cnn2ccc(NC(=O)c3ccc(Cl)s3)cc12. The lowest BCUT2D eigenvalue weighted by atomic mass is 10.2. The summed E-state index contributed by atoms with van der Waals surface area (Å²) in [6.45, 7) is 2.02. The van der Waals surface area contributed by atoms with Gasteiger partial charge in [0.05, 0.1) is 27.5 Å². The molecule has 3 rings (SSSR count). The van der Waals surface area contributed by atoms with Crippen molar-refractivity contribution in [2.75, 3.05) is 11.9 Å². The highest BCUT2D eigenvalue weighted by Crippen LogP contribution is 2.23. The zero-order valence-electron chi connectivity index (χ0n) is 12.1. The van der Waals surface area contributed by atoms with Crippen LogP contribution in [0.25, 0.3) is 5.52 Å². The summed E-state index contributed by atoms with van der Waals surface area (Å²) in [7, 11) is 0. The Bertz CT molecular complexity index is 887. The molecular weight excluding hydrogens is 338 g/mol. The van der Waals surface area contributed by atoms with Crippen LogP contribution < -0.4 is 5.32 Å². The van der Waals surface area contributed by atoms with Crippen LogP contribution in [0.1, 0.15) is 27.0 Å². The Balaban J connectivity index is 1.88. The monoisotopic (exact) mass is 349 g/mol. The number of anilines is 1. The number of aromatic nitrogens is 2. The highest BCUT2D eigenvalue weighted by atomic mass is 35.5. The summed E-state index contributed by atoms with van der Waals surface area (Å²) in [5.74, 6) is -0.709. The Morgan fingerprint density at radius 2 is 2.22 bits per heavy atom. The van der Waals surface area contributed by atoms with Crippen molar-refractivity contribution in [2.24, 2.45) is 0 Å². The van der Waals surface area contributed by atoms with E-state index in [-0.39, 0.29) is 12.5 Å². The van der Waals surface area contributed by atoms with Gasteiger partial charge in [0.15, 0.2) is 0 Å². The summed E-state index contributed by atoms with van der Waals surface area (Å²) < 4.78 is 7.09. The quantitative estimate of drug-likeness (QED) is 0.732. The van der Waals surface area contributed by atoms with Crippen molar-refractivity contribution < 1.29 is 14.3 Å². The first-order valence-electron chi connectivity index (χ1n) is 6.79. The van der Waals surface area contributed by atoms with Gasteiger partial charge in [0.1, 0.15) is 5.56 Å². The number of carbonyl (C=O) groups excluding carboxylic acids is 2. The molecular formula is C15H12ClN3O3S. The fourth-order valence-corrected chi connectivity index (χ4v) is 2.99. The highest BCUT2D eigenvalue weighted by molar-refractivity contribution is 7.18. The van der Waals surface area contributed by atoms with E-state index < -0.39 is 5.97 Å². The van der Waals surface area contributed by atoms with Gasteiger partial charge in [-0.3, -0.25) is 4.79 Å². The van der Waals surface area contributed by atoms with E-state index in [0.717, 1.165) is 0 Å². The molecule has 0 aliphatic carbocycles. The maximum atomic E-state index is 12.1. The standard InChI is InChI=1S/C15H12ClN3O3S/c1-2-22-15(21)10-8-17-19-6-5-9(7-11(10)19)18-14(20)12-3-4-13(16)23-12/h3-8H,2H2,1H3,(H,18,20). The summed E-state index contributed by atoms with van der Waals surface area (Å²) in [6, 6.07) is 6.69. The summed E-state index contributed by atoms with van der Waals surface area (Å²) in [4.78, 5) is 24.6. The molecule has 0 radical (unpaired) electrons. The minimum atomic E-state index is -0.448. The van der Waals surface area contributed by atoms with Crippen molar-refractivity contribution in [3.05, 3.63) is 51.4 Å². The number of thiophene rings is 1. The van der Waals surface area contributed by atoms with Gasteiger partial charge in [-0.1, -0.05) is 11.6 Å². The Labute approximate surface area is 140 Å². The minimum absolute atomic E-state index is 0.261. The average molecular weight is 350 g/mol. The van der Waals surface area contributed by atoms with Crippen LogP contribution in [-0.4, -0.2) is 28.1 Å². The summed E-state index contributed by atoms with van der Waals surface area (Å²) in [5.41, 5.74) is 1.46. The van der Waals surface area contributed by atoms with Crippen LogP contribution in [0.3, 0.4) is 0 Å². The number of nitrogens with zero attached hydrogens (tertiary/aromatic N) is 2. The van der Waals surface area contributed by atoms with Crippen molar-refractivity contribution >= 4 is 46.0 Å². The third kappa shape index (κ3) is 3.20. The minimum Gasteiger partial charge on any atom is -0.462 e. The number of halogens is 1. The van der Waals surface area contributed by atoms with Crippen molar-refractivity contribution in [2.45, 2.75) is 6.92 Å². The maximum absolute atomic E-state index is 12.1. The predicted octanol–water partition coefficient (Wildman–Crippen LogP) is 3.48. The zero-order chi connectivity index (χ0) is 16.4. The number of hydrogen-bond acceptors (Lipinski definition) is 5. The highest BCUT2D eigenvalue weighted by Gasteiger charge is 2.15. The molecule has 0 unspecified atom stereocenters. The van der Waals surface area contributed by atoms with Gasteiger partial charge < -0.3 is 10.1 Å². The molecule has 3 aromatic heterocycles. The van der Waals surface area contributed by atoms with Crippen molar-refractivity contribution in [1.29, 1.82) is 0 Å². The molecule has 0 fully saturated rings. The van der Waals surface area contributed by atoms with Gasteiger partial charge in [-0.15, -0.1) is 11.3 Å². The number of pyridine rings is 1. The van der Waals surface area contributed by atoms with Gasteiger partial charge >= 0.3 is 5.97 Å². The maximum Gasteiger partial charge on any atom is 0.341 e. The van der Waals surface area contributed by atoms with Crippen molar-refractivity contribution in [1.82, 2.24) is 9.61 Å². The second-order valence-corrected chi connectivity index (χ2v) is 6.30. The zero-order valence-corrected chi connectivity index (χ0v) is 13.6. The molecule has 6 nitrogen and oxygen atoms in total. The second kappa shape index (κ2) is 6.39. The number of rotatable bonds is 4. The molecule has 0 aliphatic heterocycles. The lowest BCUT2D eigenvalue weighted by Gasteiger charge is -2.05. The predicted molar refractivity (Wildman–Crippen MR) is 88.4 cm³/mol. The fraction of sp³-hybridized carbons (Fsp3) is 0.133. The lowest BCUT2D eigenvalue weighted by molar-refractivity contribution is 0.0528. The first-order chi connectivity index (χ1) is 11.1. The largest absolute Gasteiger partial charge is 0.462 e. The normalized spacial score (nSPS) is 10.7. The molecule has 3 aromatic rings. The third-order valence-electron chi connectivity index (χ3n) is 3.07. The van der Waals surface area contributed by atoms with Crippen LogP contribution in [0.5, 0.6) is 0 Å². The number of fused-ring (bicyclic) bond motifs is 1. The van der Waals surface area contributed by atoms with Gasteiger partial charge in [-0.05, 0) is 31.2 Å². The summed E-state index contributed by atoms with van der Waals surface area (Å²) >= 11 is 7.03. The van der Waals surface area contributed by atoms with Crippen LogP contribution in [0.15, 0.2) is 36.7 Å². The van der Waals surface area contributed by atoms with E-state index in [1.807, 2.05) is 0 Å². The number of hydrogen-bond donors (Lipinski definition) is 1. The fourth-order valence-electron chi connectivity index (χ4n) is 2.05. The number of amides is 1. The molecule has 118 valence electrons. The van der Waals surface area contributed by atoms with E-state index in [1.54, 1.807) is 41.9 Å². The number of carbonyl (C=O) groups is 2. The Hall–Kier alpha value is -2.38. The molecule has 8 heteroatoms. The van der Waals surface area contributed by atoms with E-state index >= 15 is 0 Å². The van der Waals surface area contributed by atoms with Crippen LogP contribution in [-0.2, 0) is 4.74 Å². The molecule has 0 aromatic carbocycles. The number of esters is 1. The van der Waals surface area contributed by atoms with Gasteiger partial charge in [0.2, 0.25) is 0 Å². The number of nitrogens with one attached hydrogen (secondary N) is 1. The molecule has 23 heavy (non-hydrogen) atoms. The van der Waals surface area contributed by atoms with E-state index in [1.165, 1.54) is 17.5 Å². The van der Waals surface area contributed by atoms with Crippen molar-refractivity contribution in [3.8, 4) is 0 Å². The van der Waals surface area contributed by atoms with E-state index in [0.29, 0.717) is 26.0 Å². The molecule has 1 N–H and O–H groups in total. The van der Waals surface area contributed by atoms with Gasteiger partial charge in [-0.2, -0.15) is 5.10 Å². The van der Waals surface area contributed by atoms with Crippen LogP contribution in [0.4, 0.5) is 5.69 Å². The van der Waals surface area contributed by atoms with Crippen molar-refractivity contribution in [3.63, 3.8) is 0 Å². The number of ether oxygens (including phenoxy) is 1. The van der Waals surface area contributed by atoms with Crippen LogP contribution >= 0.6 is 22.9 Å². The average Bonchev–Trinajstić information content (AvgIpc) is 3.13. The molecule has 3 heterocycles. The molecule has 0 spiro atoms. The third-order valence-corrected chi connectivity index (χ3v) is 4.30. The van der Waals surface area contributed by atoms with Gasteiger partial charge in [0, 0.05) is 11.9 Å². The molecule has 1 amide bonds. The van der Waals surface area contributed by atoms with E-state index in [9.17, 15) is 9.59 Å². The lowest BCUT2D eigenvalue weighted by Crippen LogP contribution is -2.10. The molecule has 0 saturated heterocycles. The van der Waals surface area contributed by atoms with Crippen LogP contribution in [0, 0.1) is 0 Å². The molecule has 0 bridgehead atoms. The first kappa shape index (κ1) is 15.5. The molecule has 0 saturated carbocycles. The Kier molecular flexibility index (Phi) is 4.31.